The van der Waals surface area contributed by atoms with E-state index in [1.807, 2.05) is 12.1 Å². The highest BCUT2D eigenvalue weighted by Gasteiger charge is 2.29. The van der Waals surface area contributed by atoms with Crippen LogP contribution >= 0.6 is 0 Å². The van der Waals surface area contributed by atoms with Crippen molar-refractivity contribution >= 4 is 17.5 Å². The molecule has 0 saturated heterocycles. The second-order valence-corrected chi connectivity index (χ2v) is 8.78. The van der Waals surface area contributed by atoms with Crippen LogP contribution in [0.1, 0.15) is 67.2 Å². The van der Waals surface area contributed by atoms with Crippen LogP contribution in [0.2, 0.25) is 0 Å². The number of carbonyl (C=O) groups is 2. The van der Waals surface area contributed by atoms with Crippen LogP contribution in [0.15, 0.2) is 48.5 Å². The van der Waals surface area contributed by atoms with E-state index in [0.717, 1.165) is 31.2 Å². The Bertz CT molecular complexity index is 919. The van der Waals surface area contributed by atoms with Crippen LogP contribution in [-0.2, 0) is 16.0 Å². The normalized spacial score (nSPS) is 19.4. The number of nitrogen functional groups attached to an aromatic ring is 1. The predicted molar refractivity (Wildman–Crippen MR) is 124 cm³/mol. The van der Waals surface area contributed by atoms with E-state index >= 15 is 0 Å². The van der Waals surface area contributed by atoms with Gasteiger partial charge in [-0.25, -0.2) is 0 Å². The summed E-state index contributed by atoms with van der Waals surface area (Å²) in [6, 6.07) is 15.5. The molecular weight excluding hydrogens is 386 g/mol. The smallest absolute Gasteiger partial charge is 0.223 e. The number of amidine groups is 1. The first-order valence-corrected chi connectivity index (χ1v) is 11.2. The van der Waals surface area contributed by atoms with E-state index in [2.05, 4.69) is 36.5 Å². The molecule has 0 aromatic heterocycles. The molecule has 0 heterocycles. The molecule has 4 N–H and O–H groups in total. The second kappa shape index (κ2) is 10.4. The van der Waals surface area contributed by atoms with Crippen LogP contribution in [0.25, 0.3) is 0 Å². The van der Waals surface area contributed by atoms with Gasteiger partial charge in [0, 0.05) is 17.9 Å². The van der Waals surface area contributed by atoms with Gasteiger partial charge >= 0.3 is 0 Å². The van der Waals surface area contributed by atoms with Crippen molar-refractivity contribution in [2.45, 2.75) is 64.3 Å². The van der Waals surface area contributed by atoms with Crippen molar-refractivity contribution in [2.24, 2.45) is 11.7 Å². The van der Waals surface area contributed by atoms with Gasteiger partial charge in [0.2, 0.25) is 5.91 Å². The molecule has 5 heteroatoms. The zero-order chi connectivity index (χ0) is 22.4. The molecule has 2 aromatic rings. The minimum atomic E-state index is -0.483. The quantitative estimate of drug-likeness (QED) is 0.441. The summed E-state index contributed by atoms with van der Waals surface area (Å²) in [5, 5.41) is 10.4. The Labute approximate surface area is 184 Å². The predicted octanol–water partition coefficient (Wildman–Crippen LogP) is 4.26. The molecule has 1 aliphatic rings. The van der Waals surface area contributed by atoms with Crippen LogP contribution in [0.5, 0.6) is 0 Å². The number of hydrogen-bond acceptors (Lipinski definition) is 3. The number of benzene rings is 2. The van der Waals surface area contributed by atoms with E-state index in [1.165, 1.54) is 11.1 Å². The van der Waals surface area contributed by atoms with Gasteiger partial charge < -0.3 is 11.1 Å². The third-order valence-electron chi connectivity index (χ3n) is 6.36. The zero-order valence-corrected chi connectivity index (χ0v) is 18.5. The molecule has 1 amide bonds. The van der Waals surface area contributed by atoms with Gasteiger partial charge in [-0.1, -0.05) is 60.5 Å². The molecule has 3 atom stereocenters. The summed E-state index contributed by atoms with van der Waals surface area (Å²) >= 11 is 0. The molecule has 0 bridgehead atoms. The van der Waals surface area contributed by atoms with Crippen LogP contribution in [0.4, 0.5) is 0 Å². The van der Waals surface area contributed by atoms with E-state index in [4.69, 9.17) is 11.1 Å². The topological polar surface area (TPSA) is 96.0 Å². The molecule has 2 aromatic carbocycles. The molecule has 0 radical (unpaired) electrons. The molecule has 1 fully saturated rings. The van der Waals surface area contributed by atoms with Gasteiger partial charge in [0.1, 0.15) is 5.84 Å². The van der Waals surface area contributed by atoms with Gasteiger partial charge in [-0.05, 0) is 56.6 Å². The number of amides is 1. The summed E-state index contributed by atoms with van der Waals surface area (Å²) < 4.78 is 0. The molecule has 164 valence electrons. The first-order valence-electron chi connectivity index (χ1n) is 11.2. The lowest BCUT2D eigenvalue weighted by atomic mass is 9.77. The summed E-state index contributed by atoms with van der Waals surface area (Å²) in [4.78, 5) is 25.4. The monoisotopic (exact) mass is 419 g/mol. The molecule has 0 aliphatic heterocycles. The molecule has 0 spiro atoms. The lowest BCUT2D eigenvalue weighted by Crippen LogP contribution is -2.42. The highest BCUT2D eigenvalue weighted by Crippen LogP contribution is 2.36. The Morgan fingerprint density at radius 3 is 2.42 bits per heavy atom. The summed E-state index contributed by atoms with van der Waals surface area (Å²) in [5.41, 5.74) is 9.72. The second-order valence-electron chi connectivity index (χ2n) is 8.78. The number of aryl methyl sites for hydroxylation is 2. The number of carbonyl (C=O) groups excluding carboxylic acids is 2. The molecule has 5 nitrogen and oxygen atoms in total. The van der Waals surface area contributed by atoms with E-state index in [9.17, 15) is 9.59 Å². The third kappa shape index (κ3) is 6.27. The highest BCUT2D eigenvalue weighted by atomic mass is 16.2. The Morgan fingerprint density at radius 2 is 1.77 bits per heavy atom. The van der Waals surface area contributed by atoms with E-state index in [-0.39, 0.29) is 23.4 Å². The van der Waals surface area contributed by atoms with Crippen molar-refractivity contribution in [1.82, 2.24) is 5.32 Å². The zero-order valence-electron chi connectivity index (χ0n) is 18.5. The largest absolute Gasteiger partial charge is 0.384 e. The van der Waals surface area contributed by atoms with Crippen LogP contribution in [0.3, 0.4) is 0 Å². The van der Waals surface area contributed by atoms with Gasteiger partial charge in [0.15, 0.2) is 5.78 Å². The fraction of sp³-hybridized carbons (Fsp3) is 0.423. The highest BCUT2D eigenvalue weighted by molar-refractivity contribution is 5.95. The van der Waals surface area contributed by atoms with Crippen molar-refractivity contribution in [3.8, 4) is 0 Å². The molecule has 1 saturated carbocycles. The number of hydrogen-bond donors (Lipinski definition) is 3. The van der Waals surface area contributed by atoms with Gasteiger partial charge in [-0.3, -0.25) is 15.0 Å². The molecular formula is C26H33N3O2. The molecule has 0 unspecified atom stereocenters. The van der Waals surface area contributed by atoms with Gasteiger partial charge in [0.05, 0.1) is 6.04 Å². The van der Waals surface area contributed by atoms with E-state index in [1.54, 1.807) is 19.1 Å². The summed E-state index contributed by atoms with van der Waals surface area (Å²) in [6.07, 6.45) is 4.86. The average molecular weight is 420 g/mol. The van der Waals surface area contributed by atoms with E-state index in [0.29, 0.717) is 24.3 Å². The first-order chi connectivity index (χ1) is 14.8. The van der Waals surface area contributed by atoms with Crippen LogP contribution < -0.4 is 11.1 Å². The van der Waals surface area contributed by atoms with Gasteiger partial charge in [-0.15, -0.1) is 0 Å². The van der Waals surface area contributed by atoms with Crippen molar-refractivity contribution in [3.05, 3.63) is 70.8 Å². The molecule has 3 rings (SSSR count). The number of nitrogens with two attached hydrogens (primary N) is 1. The minimum Gasteiger partial charge on any atom is -0.384 e. The minimum absolute atomic E-state index is 0.00322. The van der Waals surface area contributed by atoms with Crippen molar-refractivity contribution < 1.29 is 9.59 Å². The number of Topliss-reactive ketones (excluding diaryl/α,β-unsaturated/α-hetero) is 1. The Hall–Kier alpha value is -2.95. The maximum Gasteiger partial charge on any atom is 0.223 e. The Balaban J connectivity index is 1.49. The molecule has 31 heavy (non-hydrogen) atoms. The standard InChI is InChI=1S/C26H33N3O2/c1-17-6-11-20(12-7-17)22-4-3-5-23(16-22)26(31)29-18(2)24(30)15-10-19-8-13-21(14-9-19)25(27)28/h6-9,11-14,18,22-23H,3-5,10,15-16H2,1-2H3,(H3,27,28)(H,29,31)/t18-,22+,23+/m0/s1. The number of rotatable bonds is 8. The number of nitrogens with one attached hydrogen (secondary N) is 2. The Kier molecular flexibility index (Phi) is 7.61. The van der Waals surface area contributed by atoms with Gasteiger partial charge in [0.25, 0.3) is 0 Å². The SMILES string of the molecule is Cc1ccc([C@@H]2CCC[C@@H](C(=O)N[C@@H](C)C(=O)CCc3ccc(C(=N)N)cc3)C2)cc1. The fourth-order valence-corrected chi connectivity index (χ4v) is 4.32. The van der Waals surface area contributed by atoms with Crippen molar-refractivity contribution in [3.63, 3.8) is 0 Å². The maximum absolute atomic E-state index is 12.8. The number of ketones is 1. The first kappa shape index (κ1) is 22.7. The van der Waals surface area contributed by atoms with Crippen molar-refractivity contribution in [2.75, 3.05) is 0 Å². The van der Waals surface area contributed by atoms with E-state index < -0.39 is 6.04 Å². The fourth-order valence-electron chi connectivity index (χ4n) is 4.32. The van der Waals surface area contributed by atoms with Gasteiger partial charge in [-0.2, -0.15) is 0 Å². The van der Waals surface area contributed by atoms with Crippen LogP contribution in [0, 0.1) is 18.3 Å². The van der Waals surface area contributed by atoms with Crippen molar-refractivity contribution in [1.29, 1.82) is 5.41 Å². The maximum atomic E-state index is 12.8. The Morgan fingerprint density at radius 1 is 1.10 bits per heavy atom. The lowest BCUT2D eigenvalue weighted by Gasteiger charge is -2.29. The summed E-state index contributed by atoms with van der Waals surface area (Å²) in [6.45, 7) is 3.86. The lowest BCUT2D eigenvalue weighted by molar-refractivity contribution is -0.130. The summed E-state index contributed by atoms with van der Waals surface area (Å²) in [5.74, 6) is 0.452. The average Bonchev–Trinajstić information content (AvgIpc) is 2.78. The molecule has 1 aliphatic carbocycles. The summed E-state index contributed by atoms with van der Waals surface area (Å²) in [7, 11) is 0. The van der Waals surface area contributed by atoms with Crippen LogP contribution in [-0.4, -0.2) is 23.6 Å². The third-order valence-corrected chi connectivity index (χ3v) is 6.36.